The number of hydrogen-bond donors (Lipinski definition) is 1. The van der Waals surface area contributed by atoms with Gasteiger partial charge < -0.3 is 15.4 Å². The van der Waals surface area contributed by atoms with E-state index in [9.17, 15) is 19.2 Å². The Morgan fingerprint density at radius 1 is 1.13 bits per heavy atom. The van der Waals surface area contributed by atoms with E-state index in [0.717, 1.165) is 5.56 Å². The largest absolute Gasteiger partial charge is 0.456 e. The Morgan fingerprint density at radius 2 is 1.87 bits per heavy atom. The van der Waals surface area contributed by atoms with Gasteiger partial charge in [-0.1, -0.05) is 48.0 Å². The molecule has 0 bridgehead atoms. The number of halogens is 2. The Balaban J connectivity index is 1.60. The van der Waals surface area contributed by atoms with E-state index in [0.29, 0.717) is 33.2 Å². The molecule has 0 saturated heterocycles. The summed E-state index contributed by atoms with van der Waals surface area (Å²) in [6.45, 7) is 1.83. The predicted molar refractivity (Wildman–Crippen MR) is 139 cm³/mol. The van der Waals surface area contributed by atoms with Crippen LogP contribution < -0.4 is 15.5 Å². The van der Waals surface area contributed by atoms with Crippen LogP contribution in [-0.2, 0) is 26.3 Å². The number of nitriles is 1. The van der Waals surface area contributed by atoms with Gasteiger partial charge in [0.2, 0.25) is 5.91 Å². The molecule has 3 aliphatic rings. The molecule has 2 N–H and O–H groups in total. The van der Waals surface area contributed by atoms with Gasteiger partial charge in [0.25, 0.3) is 0 Å². The standard InChI is InChI=1S/C29H20ClFN4O3/c1-16-6-11-19(12-22(16)30)35-24-15-38-27(36)25(24)29(21(13-32)26(35)33)20-4-2-3-5-23(20)34(28(29)37)14-17-7-9-18(31)10-8-17/h2-12H,14-15,33H2,1H3/t29-/m1/s1. The monoisotopic (exact) mass is 526 g/mol. The lowest BCUT2D eigenvalue weighted by molar-refractivity contribution is -0.137. The second-order valence-corrected chi connectivity index (χ2v) is 9.73. The fourth-order valence-corrected chi connectivity index (χ4v) is 5.71. The fourth-order valence-electron chi connectivity index (χ4n) is 5.54. The van der Waals surface area contributed by atoms with Crippen LogP contribution in [0.25, 0.3) is 0 Å². The molecular weight excluding hydrogens is 507 g/mol. The van der Waals surface area contributed by atoms with Crippen molar-refractivity contribution in [2.24, 2.45) is 5.73 Å². The molecule has 0 aliphatic carbocycles. The first-order chi connectivity index (χ1) is 18.3. The van der Waals surface area contributed by atoms with Gasteiger partial charge in [0.05, 0.1) is 23.4 Å². The number of benzene rings is 3. The lowest BCUT2D eigenvalue weighted by Crippen LogP contribution is -2.50. The topological polar surface area (TPSA) is 99.7 Å². The lowest BCUT2D eigenvalue weighted by atomic mass is 9.67. The third-order valence-electron chi connectivity index (χ3n) is 7.29. The summed E-state index contributed by atoms with van der Waals surface area (Å²) >= 11 is 6.39. The molecular formula is C29H20ClFN4O3. The average Bonchev–Trinajstić information content (AvgIpc) is 3.40. The Hall–Kier alpha value is -4.61. The summed E-state index contributed by atoms with van der Waals surface area (Å²) in [6.07, 6.45) is 0. The zero-order valence-corrected chi connectivity index (χ0v) is 20.9. The SMILES string of the molecule is Cc1ccc(N2C(N)=C(C#N)[C@@]3(C(=O)N(Cc4ccc(F)cc4)c4ccccc43)C3=C2COC3=O)cc1Cl. The summed E-state index contributed by atoms with van der Waals surface area (Å²) in [4.78, 5) is 30.9. The molecule has 38 heavy (non-hydrogen) atoms. The van der Waals surface area contributed by atoms with E-state index in [1.165, 1.54) is 17.0 Å². The first-order valence-electron chi connectivity index (χ1n) is 11.8. The highest BCUT2D eigenvalue weighted by atomic mass is 35.5. The summed E-state index contributed by atoms with van der Waals surface area (Å²) in [5.41, 5.74) is 8.28. The van der Waals surface area contributed by atoms with Crippen molar-refractivity contribution in [2.45, 2.75) is 18.9 Å². The van der Waals surface area contributed by atoms with Gasteiger partial charge in [-0.3, -0.25) is 9.69 Å². The lowest BCUT2D eigenvalue weighted by Gasteiger charge is -2.38. The Bertz CT molecular complexity index is 1660. The highest BCUT2D eigenvalue weighted by Crippen LogP contribution is 2.56. The second-order valence-electron chi connectivity index (χ2n) is 9.32. The minimum Gasteiger partial charge on any atom is -0.456 e. The first kappa shape index (κ1) is 23.8. The fraction of sp³-hybridized carbons (Fsp3) is 0.138. The first-order valence-corrected chi connectivity index (χ1v) is 12.2. The Kier molecular flexibility index (Phi) is 5.30. The highest BCUT2D eigenvalue weighted by molar-refractivity contribution is 6.31. The van der Waals surface area contributed by atoms with Crippen LogP contribution in [0.1, 0.15) is 16.7 Å². The van der Waals surface area contributed by atoms with Crippen molar-refractivity contribution < 1.29 is 18.7 Å². The van der Waals surface area contributed by atoms with Gasteiger partial charge in [-0.25, -0.2) is 9.18 Å². The molecule has 188 valence electrons. The maximum Gasteiger partial charge on any atom is 0.338 e. The molecule has 0 unspecified atom stereocenters. The number of fused-ring (bicyclic) bond motifs is 3. The zero-order chi connectivity index (χ0) is 26.8. The normalized spacial score (nSPS) is 20.2. The number of esters is 1. The number of rotatable bonds is 3. The molecule has 0 aromatic heterocycles. The molecule has 0 fully saturated rings. The minimum atomic E-state index is -1.79. The van der Waals surface area contributed by atoms with Crippen LogP contribution in [0.5, 0.6) is 0 Å². The van der Waals surface area contributed by atoms with Crippen molar-refractivity contribution in [3.63, 3.8) is 0 Å². The van der Waals surface area contributed by atoms with Crippen molar-refractivity contribution in [1.29, 1.82) is 5.26 Å². The molecule has 0 saturated carbocycles. The van der Waals surface area contributed by atoms with E-state index in [1.54, 1.807) is 59.5 Å². The second kappa shape index (κ2) is 8.47. The predicted octanol–water partition coefficient (Wildman–Crippen LogP) is 4.60. The zero-order valence-electron chi connectivity index (χ0n) is 20.2. The molecule has 7 nitrogen and oxygen atoms in total. The molecule has 6 rings (SSSR count). The number of nitrogens with zero attached hydrogens (tertiary/aromatic N) is 3. The summed E-state index contributed by atoms with van der Waals surface area (Å²) in [7, 11) is 0. The van der Waals surface area contributed by atoms with Gasteiger partial charge in [0, 0.05) is 22.0 Å². The average molecular weight is 527 g/mol. The van der Waals surface area contributed by atoms with Crippen LogP contribution in [0.4, 0.5) is 15.8 Å². The van der Waals surface area contributed by atoms with E-state index in [4.69, 9.17) is 22.1 Å². The third-order valence-corrected chi connectivity index (χ3v) is 7.70. The molecule has 3 heterocycles. The number of carbonyl (C=O) groups is 2. The summed E-state index contributed by atoms with van der Waals surface area (Å²) in [5.74, 6) is -1.59. The van der Waals surface area contributed by atoms with Crippen molar-refractivity contribution in [2.75, 3.05) is 16.4 Å². The van der Waals surface area contributed by atoms with Gasteiger partial charge in [-0.15, -0.1) is 0 Å². The van der Waals surface area contributed by atoms with E-state index >= 15 is 0 Å². The maximum absolute atomic E-state index is 14.5. The molecule has 1 spiro atoms. The Morgan fingerprint density at radius 3 is 2.58 bits per heavy atom. The van der Waals surface area contributed by atoms with Crippen molar-refractivity contribution >= 4 is 34.9 Å². The molecule has 3 aromatic rings. The smallest absolute Gasteiger partial charge is 0.338 e. The van der Waals surface area contributed by atoms with Crippen LogP contribution in [0.2, 0.25) is 5.02 Å². The molecule has 9 heteroatoms. The highest BCUT2D eigenvalue weighted by Gasteiger charge is 2.63. The van der Waals surface area contributed by atoms with Crippen LogP contribution in [-0.4, -0.2) is 18.5 Å². The third kappa shape index (κ3) is 3.12. The molecule has 1 amide bonds. The molecule has 1 atom stereocenters. The number of cyclic esters (lactones) is 1. The van der Waals surface area contributed by atoms with Crippen molar-refractivity contribution in [3.05, 3.63) is 117 Å². The van der Waals surface area contributed by atoms with E-state index in [2.05, 4.69) is 6.07 Å². The van der Waals surface area contributed by atoms with Crippen molar-refractivity contribution in [3.8, 4) is 6.07 Å². The maximum atomic E-state index is 14.5. The number of amides is 1. The summed E-state index contributed by atoms with van der Waals surface area (Å²) in [6, 6.07) is 20.2. The summed E-state index contributed by atoms with van der Waals surface area (Å²) in [5, 5.41) is 11.0. The number of nitrogens with two attached hydrogens (primary N) is 1. The quantitative estimate of drug-likeness (QED) is 0.501. The van der Waals surface area contributed by atoms with Gasteiger partial charge in [-0.2, -0.15) is 5.26 Å². The van der Waals surface area contributed by atoms with Gasteiger partial charge in [0.1, 0.15) is 29.7 Å². The van der Waals surface area contributed by atoms with E-state index in [1.807, 2.05) is 6.92 Å². The molecule has 3 aliphatic heterocycles. The van der Waals surface area contributed by atoms with Gasteiger partial charge in [-0.05, 0) is 48.4 Å². The number of hydrogen-bond acceptors (Lipinski definition) is 6. The number of aryl methyl sites for hydroxylation is 1. The molecule has 0 radical (unpaired) electrons. The van der Waals surface area contributed by atoms with Gasteiger partial charge in [0.15, 0.2) is 0 Å². The van der Waals surface area contributed by atoms with Crippen LogP contribution in [0.15, 0.2) is 89.4 Å². The number of para-hydroxylation sites is 1. The Labute approximate surface area is 222 Å². The van der Waals surface area contributed by atoms with Gasteiger partial charge >= 0.3 is 5.97 Å². The number of carbonyl (C=O) groups excluding carboxylic acids is 2. The van der Waals surface area contributed by atoms with Crippen LogP contribution >= 0.6 is 11.6 Å². The van der Waals surface area contributed by atoms with Crippen molar-refractivity contribution in [1.82, 2.24) is 0 Å². The molecule has 3 aromatic carbocycles. The van der Waals surface area contributed by atoms with E-state index in [-0.39, 0.29) is 30.1 Å². The summed E-state index contributed by atoms with van der Waals surface area (Å²) < 4.78 is 19.0. The number of anilines is 2. The van der Waals surface area contributed by atoms with E-state index < -0.39 is 23.1 Å². The number of ether oxygens (including phenoxy) is 1. The van der Waals surface area contributed by atoms with Crippen LogP contribution in [0.3, 0.4) is 0 Å². The van der Waals surface area contributed by atoms with Crippen LogP contribution in [0, 0.1) is 24.1 Å². The minimum absolute atomic E-state index is 0.0104.